The Labute approximate surface area is 157 Å². The van der Waals surface area contributed by atoms with Crippen LogP contribution in [-0.4, -0.2) is 32.1 Å². The molecule has 4 rings (SSSR count). The average Bonchev–Trinajstić information content (AvgIpc) is 3.33. The summed E-state index contributed by atoms with van der Waals surface area (Å²) in [6, 6.07) is 11.2. The van der Waals surface area contributed by atoms with Gasteiger partial charge >= 0.3 is 6.03 Å². The minimum atomic E-state index is -0.183. The lowest BCUT2D eigenvalue weighted by Gasteiger charge is -2.18. The van der Waals surface area contributed by atoms with E-state index >= 15 is 0 Å². The molecule has 0 atom stereocenters. The molecule has 2 aromatic rings. The van der Waals surface area contributed by atoms with Gasteiger partial charge in [-0.1, -0.05) is 18.2 Å². The highest BCUT2D eigenvalue weighted by Crippen LogP contribution is 2.30. The summed E-state index contributed by atoms with van der Waals surface area (Å²) in [6.45, 7) is 3.35. The van der Waals surface area contributed by atoms with Crippen LogP contribution >= 0.6 is 0 Å². The topological polar surface area (TPSA) is 82.7 Å². The minimum Gasteiger partial charge on any atom is -0.495 e. The standard InChI is InChI=1S/C20H22N4O3/c1-27-18-5-4-14(9-17(18)24-7-6-22-20(24)26)19(25)23-10-13-2-3-15-11-21-12-16(15)8-13/h2-5,8-9,21H,6-7,10-12H2,1H3,(H,22,26)(H,23,25). The van der Waals surface area contributed by atoms with Crippen LogP contribution in [0, 0.1) is 0 Å². The summed E-state index contributed by atoms with van der Waals surface area (Å²) in [4.78, 5) is 26.2. The van der Waals surface area contributed by atoms with Crippen molar-refractivity contribution in [2.45, 2.75) is 19.6 Å². The molecule has 0 saturated carbocycles. The SMILES string of the molecule is COc1ccc(C(=O)NCc2ccc3c(c2)CNC3)cc1N1CCNC1=O. The second-order valence-electron chi connectivity index (χ2n) is 6.66. The molecule has 0 radical (unpaired) electrons. The molecule has 140 valence electrons. The Kier molecular flexibility index (Phi) is 4.68. The van der Waals surface area contributed by atoms with Gasteiger partial charge in [-0.15, -0.1) is 0 Å². The van der Waals surface area contributed by atoms with E-state index in [1.165, 1.54) is 11.1 Å². The fourth-order valence-electron chi connectivity index (χ4n) is 3.49. The van der Waals surface area contributed by atoms with E-state index in [4.69, 9.17) is 4.74 Å². The quantitative estimate of drug-likeness (QED) is 0.753. The van der Waals surface area contributed by atoms with Gasteiger partial charge in [-0.3, -0.25) is 9.69 Å². The largest absolute Gasteiger partial charge is 0.495 e. The molecule has 2 aliphatic heterocycles. The first-order valence-corrected chi connectivity index (χ1v) is 8.99. The van der Waals surface area contributed by atoms with Crippen molar-refractivity contribution in [2.75, 3.05) is 25.1 Å². The zero-order chi connectivity index (χ0) is 18.8. The number of rotatable bonds is 5. The van der Waals surface area contributed by atoms with Crippen molar-refractivity contribution in [3.05, 3.63) is 58.7 Å². The number of carbonyl (C=O) groups excluding carboxylic acids is 2. The van der Waals surface area contributed by atoms with Gasteiger partial charge in [0, 0.05) is 38.3 Å². The summed E-state index contributed by atoms with van der Waals surface area (Å²) in [5, 5.41) is 9.03. The minimum absolute atomic E-state index is 0.183. The molecule has 1 fully saturated rings. The van der Waals surface area contributed by atoms with Crippen molar-refractivity contribution in [3.63, 3.8) is 0 Å². The van der Waals surface area contributed by atoms with Crippen LogP contribution in [-0.2, 0) is 19.6 Å². The maximum atomic E-state index is 12.6. The van der Waals surface area contributed by atoms with E-state index in [1.54, 1.807) is 30.2 Å². The van der Waals surface area contributed by atoms with Crippen molar-refractivity contribution >= 4 is 17.6 Å². The first-order valence-electron chi connectivity index (χ1n) is 8.99. The summed E-state index contributed by atoms with van der Waals surface area (Å²) < 4.78 is 5.35. The Morgan fingerprint density at radius 2 is 2.04 bits per heavy atom. The van der Waals surface area contributed by atoms with Crippen LogP contribution in [0.3, 0.4) is 0 Å². The van der Waals surface area contributed by atoms with Gasteiger partial charge < -0.3 is 20.7 Å². The van der Waals surface area contributed by atoms with Gasteiger partial charge in [0.15, 0.2) is 0 Å². The van der Waals surface area contributed by atoms with Gasteiger partial charge in [-0.05, 0) is 34.9 Å². The van der Waals surface area contributed by atoms with Crippen LogP contribution in [0.4, 0.5) is 10.5 Å². The number of nitrogens with one attached hydrogen (secondary N) is 3. The first-order chi connectivity index (χ1) is 13.2. The number of benzene rings is 2. The summed E-state index contributed by atoms with van der Waals surface area (Å²) in [5.74, 6) is 0.381. The molecule has 7 heteroatoms. The van der Waals surface area contributed by atoms with Gasteiger partial charge in [-0.25, -0.2) is 4.79 Å². The van der Waals surface area contributed by atoms with Crippen LogP contribution in [0.1, 0.15) is 27.0 Å². The number of nitrogens with zero attached hydrogens (tertiary/aromatic N) is 1. The number of carbonyl (C=O) groups is 2. The van der Waals surface area contributed by atoms with Gasteiger partial charge in [0.1, 0.15) is 5.75 Å². The van der Waals surface area contributed by atoms with Crippen LogP contribution in [0.5, 0.6) is 5.75 Å². The van der Waals surface area contributed by atoms with Gasteiger partial charge in [-0.2, -0.15) is 0 Å². The van der Waals surface area contributed by atoms with E-state index in [9.17, 15) is 9.59 Å². The maximum Gasteiger partial charge on any atom is 0.322 e. The van der Waals surface area contributed by atoms with Crippen LogP contribution in [0.2, 0.25) is 0 Å². The monoisotopic (exact) mass is 366 g/mol. The molecular formula is C20H22N4O3. The second kappa shape index (κ2) is 7.28. The van der Waals surface area contributed by atoms with E-state index in [2.05, 4.69) is 28.1 Å². The lowest BCUT2D eigenvalue weighted by Crippen LogP contribution is -2.29. The Morgan fingerprint density at radius 3 is 2.81 bits per heavy atom. The third kappa shape index (κ3) is 3.46. The van der Waals surface area contributed by atoms with Crippen LogP contribution in [0.15, 0.2) is 36.4 Å². The highest BCUT2D eigenvalue weighted by Gasteiger charge is 2.25. The average molecular weight is 366 g/mol. The molecule has 3 amide bonds. The smallest absolute Gasteiger partial charge is 0.322 e. The number of methoxy groups -OCH3 is 1. The van der Waals surface area contributed by atoms with Gasteiger partial charge in [0.25, 0.3) is 5.91 Å². The molecule has 0 aromatic heterocycles. The van der Waals surface area contributed by atoms with Gasteiger partial charge in [0.2, 0.25) is 0 Å². The Bertz CT molecular complexity index is 897. The first kappa shape index (κ1) is 17.4. The fourth-order valence-corrected chi connectivity index (χ4v) is 3.49. The summed E-state index contributed by atoms with van der Waals surface area (Å²) >= 11 is 0. The second-order valence-corrected chi connectivity index (χ2v) is 6.66. The van der Waals surface area contributed by atoms with E-state index in [1.807, 2.05) is 6.07 Å². The lowest BCUT2D eigenvalue weighted by molar-refractivity contribution is 0.0951. The van der Waals surface area contributed by atoms with E-state index in [-0.39, 0.29) is 11.9 Å². The number of amides is 3. The molecule has 0 bridgehead atoms. The van der Waals surface area contributed by atoms with Crippen molar-refractivity contribution in [1.82, 2.24) is 16.0 Å². The fraction of sp³-hybridized carbons (Fsp3) is 0.300. The van der Waals surface area contributed by atoms with Crippen LogP contribution < -0.4 is 25.6 Å². The third-order valence-corrected chi connectivity index (χ3v) is 4.94. The van der Waals surface area contributed by atoms with Crippen molar-refractivity contribution in [1.29, 1.82) is 0 Å². The zero-order valence-corrected chi connectivity index (χ0v) is 15.2. The third-order valence-electron chi connectivity index (χ3n) is 4.94. The van der Waals surface area contributed by atoms with E-state index in [0.29, 0.717) is 36.6 Å². The number of anilines is 1. The zero-order valence-electron chi connectivity index (χ0n) is 15.2. The summed E-state index contributed by atoms with van der Waals surface area (Å²) in [5.41, 5.74) is 4.76. The number of hydrogen-bond donors (Lipinski definition) is 3. The van der Waals surface area contributed by atoms with E-state index < -0.39 is 0 Å². The molecule has 2 heterocycles. The molecule has 2 aliphatic rings. The molecule has 0 aliphatic carbocycles. The molecule has 3 N–H and O–H groups in total. The highest BCUT2D eigenvalue weighted by atomic mass is 16.5. The van der Waals surface area contributed by atoms with Gasteiger partial charge in [0.05, 0.1) is 12.8 Å². The Hall–Kier alpha value is -3.06. The molecule has 0 unspecified atom stereocenters. The van der Waals surface area contributed by atoms with Crippen LogP contribution in [0.25, 0.3) is 0 Å². The predicted molar refractivity (Wildman–Crippen MR) is 102 cm³/mol. The number of ether oxygens (including phenoxy) is 1. The summed E-state index contributed by atoms with van der Waals surface area (Å²) in [6.07, 6.45) is 0. The van der Waals surface area contributed by atoms with E-state index in [0.717, 1.165) is 18.7 Å². The molecule has 0 spiro atoms. The lowest BCUT2D eigenvalue weighted by atomic mass is 10.1. The molecule has 27 heavy (non-hydrogen) atoms. The Balaban J connectivity index is 1.49. The maximum absolute atomic E-state index is 12.6. The molecule has 7 nitrogen and oxygen atoms in total. The summed E-state index contributed by atoms with van der Waals surface area (Å²) in [7, 11) is 1.55. The van der Waals surface area contributed by atoms with Crippen molar-refractivity contribution in [3.8, 4) is 5.75 Å². The number of urea groups is 1. The normalized spacial score (nSPS) is 15.4. The molecular weight excluding hydrogens is 344 g/mol. The molecule has 2 aromatic carbocycles. The highest BCUT2D eigenvalue weighted by molar-refractivity contribution is 5.99. The Morgan fingerprint density at radius 1 is 1.19 bits per heavy atom. The molecule has 1 saturated heterocycles. The number of hydrogen-bond acceptors (Lipinski definition) is 4. The van der Waals surface area contributed by atoms with Crippen molar-refractivity contribution < 1.29 is 14.3 Å². The van der Waals surface area contributed by atoms with Crippen molar-refractivity contribution in [2.24, 2.45) is 0 Å². The predicted octanol–water partition coefficient (Wildman–Crippen LogP) is 1.76. The number of fused-ring (bicyclic) bond motifs is 1.